The van der Waals surface area contributed by atoms with E-state index in [0.717, 1.165) is 28.1 Å². The number of halogens is 1. The fraction of sp³-hybridized carbons (Fsp3) is 0.231. The van der Waals surface area contributed by atoms with Gasteiger partial charge in [0.2, 0.25) is 0 Å². The summed E-state index contributed by atoms with van der Waals surface area (Å²) in [5, 5.41) is 1.42. The second-order valence-corrected chi connectivity index (χ2v) is 4.60. The second-order valence-electron chi connectivity index (χ2n) is 4.24. The highest BCUT2D eigenvalue weighted by Crippen LogP contribution is 2.28. The van der Waals surface area contributed by atoms with Gasteiger partial charge in [-0.15, -0.1) is 0 Å². The molecule has 0 radical (unpaired) electrons. The van der Waals surface area contributed by atoms with E-state index in [1.54, 1.807) is 6.26 Å². The van der Waals surface area contributed by atoms with Crippen molar-refractivity contribution >= 4 is 22.6 Å². The largest absolute Gasteiger partial charge is 0.467 e. The molecule has 3 rings (SSSR count). The van der Waals surface area contributed by atoms with Crippen molar-refractivity contribution in [1.29, 1.82) is 0 Å². The van der Waals surface area contributed by atoms with Crippen LogP contribution in [-0.2, 0) is 6.54 Å². The summed E-state index contributed by atoms with van der Waals surface area (Å²) in [7, 11) is 0. The highest BCUT2D eigenvalue weighted by molar-refractivity contribution is 6.34. The van der Waals surface area contributed by atoms with Crippen molar-refractivity contribution in [2.24, 2.45) is 0 Å². The lowest BCUT2D eigenvalue weighted by atomic mass is 10.2. The summed E-state index contributed by atoms with van der Waals surface area (Å²) in [4.78, 5) is 8.37. The zero-order valence-electron chi connectivity index (χ0n) is 10.1. The lowest BCUT2D eigenvalue weighted by Gasteiger charge is -2.05. The van der Waals surface area contributed by atoms with Crippen LogP contribution < -0.4 is 0 Å². The number of nitrogens with zero attached hydrogens (tertiary/aromatic N) is 3. The Kier molecular flexibility index (Phi) is 2.59. The number of aromatic nitrogens is 3. The van der Waals surface area contributed by atoms with Gasteiger partial charge in [0.25, 0.3) is 0 Å². The third kappa shape index (κ3) is 1.61. The van der Waals surface area contributed by atoms with E-state index in [1.165, 1.54) is 6.33 Å². The summed E-state index contributed by atoms with van der Waals surface area (Å²) in [5.74, 6) is 0.893. The van der Waals surface area contributed by atoms with Gasteiger partial charge in [0.15, 0.2) is 0 Å². The first-order chi connectivity index (χ1) is 8.68. The number of aryl methyl sites for hydroxylation is 1. The van der Waals surface area contributed by atoms with Gasteiger partial charge in [0, 0.05) is 5.69 Å². The minimum atomic E-state index is 0.499. The van der Waals surface area contributed by atoms with Crippen molar-refractivity contribution in [3.63, 3.8) is 0 Å². The minimum Gasteiger partial charge on any atom is -0.467 e. The SMILES string of the molecule is Cc1c(C)n(Cc2ccco2)c2ncnc(Cl)c12. The Morgan fingerprint density at radius 3 is 2.89 bits per heavy atom. The van der Waals surface area contributed by atoms with E-state index in [9.17, 15) is 0 Å². The molecule has 0 spiro atoms. The highest BCUT2D eigenvalue weighted by Gasteiger charge is 2.16. The van der Waals surface area contributed by atoms with Crippen molar-refractivity contribution in [2.75, 3.05) is 0 Å². The predicted molar refractivity (Wildman–Crippen MR) is 69.8 cm³/mol. The Morgan fingerprint density at radius 1 is 1.33 bits per heavy atom. The van der Waals surface area contributed by atoms with Crippen LogP contribution in [0.5, 0.6) is 0 Å². The van der Waals surface area contributed by atoms with Crippen LogP contribution in [0, 0.1) is 13.8 Å². The zero-order valence-corrected chi connectivity index (χ0v) is 10.9. The van der Waals surface area contributed by atoms with Crippen LogP contribution in [-0.4, -0.2) is 14.5 Å². The standard InChI is InChI=1S/C13H12ClN3O/c1-8-9(2)17(6-10-4-3-5-18-10)13-11(8)12(14)15-7-16-13/h3-5,7H,6H2,1-2H3. The van der Waals surface area contributed by atoms with Gasteiger partial charge >= 0.3 is 0 Å². The Hall–Kier alpha value is -1.81. The molecule has 3 aromatic rings. The van der Waals surface area contributed by atoms with Gasteiger partial charge in [-0.25, -0.2) is 9.97 Å². The summed E-state index contributed by atoms with van der Waals surface area (Å²) in [6, 6.07) is 3.83. The smallest absolute Gasteiger partial charge is 0.145 e. The lowest BCUT2D eigenvalue weighted by Crippen LogP contribution is -2.02. The first-order valence-electron chi connectivity index (χ1n) is 5.66. The second kappa shape index (κ2) is 4.14. The summed E-state index contributed by atoms with van der Waals surface area (Å²) in [5.41, 5.74) is 3.09. The third-order valence-electron chi connectivity index (χ3n) is 3.25. The predicted octanol–water partition coefficient (Wildman–Crippen LogP) is 3.34. The van der Waals surface area contributed by atoms with Crippen LogP contribution in [0.1, 0.15) is 17.0 Å². The normalized spacial score (nSPS) is 11.3. The van der Waals surface area contributed by atoms with Crippen LogP contribution in [0.4, 0.5) is 0 Å². The number of furan rings is 1. The van der Waals surface area contributed by atoms with E-state index in [4.69, 9.17) is 16.0 Å². The monoisotopic (exact) mass is 261 g/mol. The van der Waals surface area contributed by atoms with Crippen molar-refractivity contribution in [1.82, 2.24) is 14.5 Å². The molecule has 0 fully saturated rings. The summed E-state index contributed by atoms with van der Waals surface area (Å²) < 4.78 is 7.48. The molecule has 18 heavy (non-hydrogen) atoms. The van der Waals surface area contributed by atoms with E-state index < -0.39 is 0 Å². The van der Waals surface area contributed by atoms with Crippen LogP contribution in [0.3, 0.4) is 0 Å². The van der Waals surface area contributed by atoms with Crippen LogP contribution >= 0.6 is 11.6 Å². The van der Waals surface area contributed by atoms with Crippen molar-refractivity contribution in [3.05, 3.63) is 46.9 Å². The van der Waals surface area contributed by atoms with E-state index in [1.807, 2.05) is 19.1 Å². The van der Waals surface area contributed by atoms with E-state index in [2.05, 4.69) is 21.5 Å². The van der Waals surface area contributed by atoms with E-state index in [-0.39, 0.29) is 0 Å². The molecule has 3 aromatic heterocycles. The fourth-order valence-corrected chi connectivity index (χ4v) is 2.45. The zero-order chi connectivity index (χ0) is 12.7. The maximum absolute atomic E-state index is 6.14. The fourth-order valence-electron chi connectivity index (χ4n) is 2.18. The topological polar surface area (TPSA) is 43.9 Å². The highest BCUT2D eigenvalue weighted by atomic mass is 35.5. The van der Waals surface area contributed by atoms with Gasteiger partial charge in [-0.05, 0) is 31.5 Å². The first-order valence-corrected chi connectivity index (χ1v) is 6.04. The summed E-state index contributed by atoms with van der Waals surface area (Å²) in [6.45, 7) is 4.73. The molecule has 0 N–H and O–H groups in total. The van der Waals surface area contributed by atoms with Crippen molar-refractivity contribution < 1.29 is 4.42 Å². The maximum atomic E-state index is 6.14. The molecule has 0 saturated carbocycles. The average Bonchev–Trinajstić information content (AvgIpc) is 2.94. The Labute approximate surface area is 109 Å². The molecule has 0 aromatic carbocycles. The Bertz CT molecular complexity index is 701. The molecule has 0 bridgehead atoms. The molecule has 0 aliphatic heterocycles. The molecule has 5 heteroatoms. The number of rotatable bonds is 2. The third-order valence-corrected chi connectivity index (χ3v) is 3.54. The Morgan fingerprint density at radius 2 is 2.17 bits per heavy atom. The number of hydrogen-bond acceptors (Lipinski definition) is 3. The van der Waals surface area contributed by atoms with Crippen LogP contribution in [0.25, 0.3) is 11.0 Å². The average molecular weight is 262 g/mol. The Balaban J connectivity index is 2.23. The molecule has 0 saturated heterocycles. The van der Waals surface area contributed by atoms with Crippen molar-refractivity contribution in [2.45, 2.75) is 20.4 Å². The van der Waals surface area contributed by atoms with Gasteiger partial charge in [-0.1, -0.05) is 11.6 Å². The maximum Gasteiger partial charge on any atom is 0.145 e. The molecule has 0 atom stereocenters. The quantitative estimate of drug-likeness (QED) is 0.665. The van der Waals surface area contributed by atoms with Gasteiger partial charge in [0.05, 0.1) is 18.2 Å². The van der Waals surface area contributed by atoms with Gasteiger partial charge in [-0.3, -0.25) is 0 Å². The first kappa shape index (κ1) is 11.3. The molecule has 0 aliphatic carbocycles. The molecule has 0 unspecified atom stereocenters. The van der Waals surface area contributed by atoms with E-state index in [0.29, 0.717) is 11.7 Å². The van der Waals surface area contributed by atoms with Gasteiger partial charge < -0.3 is 8.98 Å². The van der Waals surface area contributed by atoms with Gasteiger partial charge in [-0.2, -0.15) is 0 Å². The molecule has 0 aliphatic rings. The molecule has 0 amide bonds. The molecular formula is C13H12ClN3O. The molecule has 4 nitrogen and oxygen atoms in total. The summed E-state index contributed by atoms with van der Waals surface area (Å²) >= 11 is 6.14. The summed E-state index contributed by atoms with van der Waals surface area (Å²) in [6.07, 6.45) is 3.16. The number of hydrogen-bond donors (Lipinski definition) is 0. The number of fused-ring (bicyclic) bond motifs is 1. The lowest BCUT2D eigenvalue weighted by molar-refractivity contribution is 0.494. The van der Waals surface area contributed by atoms with Crippen molar-refractivity contribution in [3.8, 4) is 0 Å². The van der Waals surface area contributed by atoms with Crippen LogP contribution in [0.15, 0.2) is 29.1 Å². The van der Waals surface area contributed by atoms with Crippen LogP contribution in [0.2, 0.25) is 5.15 Å². The molecular weight excluding hydrogens is 250 g/mol. The molecule has 3 heterocycles. The molecule has 92 valence electrons. The van der Waals surface area contributed by atoms with Gasteiger partial charge in [0.1, 0.15) is 22.9 Å². The van der Waals surface area contributed by atoms with E-state index >= 15 is 0 Å². The minimum absolute atomic E-state index is 0.499.